The third-order valence-electron chi connectivity index (χ3n) is 4.64. The summed E-state index contributed by atoms with van der Waals surface area (Å²) in [6.45, 7) is 0.676. The summed E-state index contributed by atoms with van der Waals surface area (Å²) in [5, 5.41) is 0. The largest absolute Gasteiger partial charge is 0.466 e. The highest BCUT2D eigenvalue weighted by Gasteiger charge is 2.29. The van der Waals surface area contributed by atoms with Crippen LogP contribution in [0.1, 0.15) is 22.7 Å². The fourth-order valence-corrected chi connectivity index (χ4v) is 3.12. The third kappa shape index (κ3) is 5.62. The van der Waals surface area contributed by atoms with Crippen LogP contribution >= 0.6 is 0 Å². The Kier molecular flexibility index (Phi) is 7.63. The number of esters is 2. The standard InChI is InChI=1S/C25H23NO5/c1-29-24(27)17-23(25(28)30-2)26-15-14-20-11-6-7-12-21(20)22(26)13-8-16-31-18-19-9-4-3-5-10-19/h3-7,9-12,14-15,17,22H,16,18H2,1-2H3/b23-17+. The van der Waals surface area contributed by atoms with Crippen LogP contribution in [0.4, 0.5) is 0 Å². The summed E-state index contributed by atoms with van der Waals surface area (Å²) in [5.74, 6) is 4.87. The van der Waals surface area contributed by atoms with E-state index >= 15 is 0 Å². The molecule has 0 saturated carbocycles. The van der Waals surface area contributed by atoms with Crippen LogP contribution < -0.4 is 0 Å². The van der Waals surface area contributed by atoms with Gasteiger partial charge < -0.3 is 19.1 Å². The molecule has 0 bridgehead atoms. The molecule has 0 N–H and O–H groups in total. The first-order valence-corrected chi connectivity index (χ1v) is 9.67. The van der Waals surface area contributed by atoms with Gasteiger partial charge in [0.2, 0.25) is 0 Å². The number of hydrogen-bond acceptors (Lipinski definition) is 6. The summed E-state index contributed by atoms with van der Waals surface area (Å²) in [4.78, 5) is 25.9. The smallest absolute Gasteiger partial charge is 0.354 e. The van der Waals surface area contributed by atoms with Gasteiger partial charge in [-0.25, -0.2) is 9.59 Å². The maximum Gasteiger partial charge on any atom is 0.354 e. The number of hydrogen-bond donors (Lipinski definition) is 0. The molecule has 0 fully saturated rings. The molecule has 2 aromatic rings. The molecule has 6 heteroatoms. The number of rotatable bonds is 6. The lowest BCUT2D eigenvalue weighted by molar-refractivity contribution is -0.139. The SMILES string of the molecule is COC(=O)/C=C(\C(=O)OC)N1C=Cc2ccccc2C1C#CCOCc1ccccc1. The van der Waals surface area contributed by atoms with Gasteiger partial charge in [-0.15, -0.1) is 0 Å². The zero-order valence-electron chi connectivity index (χ0n) is 17.4. The number of nitrogens with zero attached hydrogens (tertiary/aromatic N) is 1. The molecule has 0 saturated heterocycles. The summed E-state index contributed by atoms with van der Waals surface area (Å²) in [5.41, 5.74) is 2.97. The van der Waals surface area contributed by atoms with Gasteiger partial charge in [0.15, 0.2) is 0 Å². The van der Waals surface area contributed by atoms with Gasteiger partial charge in [0.25, 0.3) is 0 Å². The van der Waals surface area contributed by atoms with Crippen LogP contribution in [-0.2, 0) is 30.4 Å². The molecular weight excluding hydrogens is 394 g/mol. The molecule has 1 aliphatic heterocycles. The molecule has 2 aromatic carbocycles. The molecule has 1 unspecified atom stereocenters. The van der Waals surface area contributed by atoms with Crippen LogP contribution in [0, 0.1) is 11.8 Å². The number of ether oxygens (including phenoxy) is 3. The van der Waals surface area contributed by atoms with Crippen LogP contribution in [0.3, 0.4) is 0 Å². The molecule has 0 amide bonds. The Morgan fingerprint density at radius 1 is 1.03 bits per heavy atom. The molecule has 6 nitrogen and oxygen atoms in total. The highest BCUT2D eigenvalue weighted by Crippen LogP contribution is 2.33. The van der Waals surface area contributed by atoms with Crippen molar-refractivity contribution in [3.8, 4) is 11.8 Å². The number of fused-ring (bicyclic) bond motifs is 1. The quantitative estimate of drug-likeness (QED) is 0.310. The Hall–Kier alpha value is -3.82. The second-order valence-corrected chi connectivity index (χ2v) is 6.60. The predicted octanol–water partition coefficient (Wildman–Crippen LogP) is 3.46. The van der Waals surface area contributed by atoms with E-state index in [0.29, 0.717) is 6.61 Å². The second-order valence-electron chi connectivity index (χ2n) is 6.60. The van der Waals surface area contributed by atoms with E-state index in [-0.39, 0.29) is 12.3 Å². The van der Waals surface area contributed by atoms with Crippen molar-refractivity contribution in [2.45, 2.75) is 12.6 Å². The number of carbonyl (C=O) groups excluding carboxylic acids is 2. The van der Waals surface area contributed by atoms with Crippen molar-refractivity contribution in [3.63, 3.8) is 0 Å². The van der Waals surface area contributed by atoms with Gasteiger partial charge in [-0.1, -0.05) is 66.4 Å². The fourth-order valence-electron chi connectivity index (χ4n) is 3.12. The Bertz CT molecular complexity index is 1050. The minimum Gasteiger partial charge on any atom is -0.466 e. The van der Waals surface area contributed by atoms with E-state index in [1.165, 1.54) is 14.2 Å². The number of benzene rings is 2. The van der Waals surface area contributed by atoms with E-state index in [4.69, 9.17) is 14.2 Å². The molecule has 3 rings (SSSR count). The van der Waals surface area contributed by atoms with Gasteiger partial charge in [-0.3, -0.25) is 0 Å². The maximum absolute atomic E-state index is 12.4. The highest BCUT2D eigenvalue weighted by atomic mass is 16.5. The normalized spacial score (nSPS) is 14.8. The summed E-state index contributed by atoms with van der Waals surface area (Å²) in [7, 11) is 2.50. The first-order valence-electron chi connectivity index (χ1n) is 9.67. The number of carbonyl (C=O) groups is 2. The molecular formula is C25H23NO5. The van der Waals surface area contributed by atoms with Gasteiger partial charge in [0, 0.05) is 6.20 Å². The van der Waals surface area contributed by atoms with Crippen LogP contribution in [0.15, 0.2) is 72.6 Å². The van der Waals surface area contributed by atoms with Gasteiger partial charge in [0.05, 0.1) is 26.9 Å². The lowest BCUT2D eigenvalue weighted by Crippen LogP contribution is -2.30. The van der Waals surface area contributed by atoms with Crippen LogP contribution in [-0.4, -0.2) is 37.7 Å². The fraction of sp³-hybridized carbons (Fsp3) is 0.200. The first kappa shape index (κ1) is 21.9. The highest BCUT2D eigenvalue weighted by molar-refractivity contribution is 5.96. The lowest BCUT2D eigenvalue weighted by Gasteiger charge is -2.32. The van der Waals surface area contributed by atoms with E-state index < -0.39 is 18.0 Å². The molecule has 31 heavy (non-hydrogen) atoms. The summed E-state index contributed by atoms with van der Waals surface area (Å²) < 4.78 is 15.2. The van der Waals surface area contributed by atoms with Crippen molar-refractivity contribution in [2.24, 2.45) is 0 Å². The Balaban J connectivity index is 1.85. The predicted molar refractivity (Wildman–Crippen MR) is 116 cm³/mol. The Morgan fingerprint density at radius 2 is 1.77 bits per heavy atom. The van der Waals surface area contributed by atoms with Crippen LogP contribution in [0.25, 0.3) is 6.08 Å². The molecule has 1 atom stereocenters. The van der Waals surface area contributed by atoms with Crippen molar-refractivity contribution < 1.29 is 23.8 Å². The van der Waals surface area contributed by atoms with Crippen molar-refractivity contribution in [3.05, 3.63) is 89.3 Å². The molecule has 0 spiro atoms. The Labute approximate surface area is 181 Å². The average Bonchev–Trinajstić information content (AvgIpc) is 2.82. The van der Waals surface area contributed by atoms with E-state index in [0.717, 1.165) is 22.8 Å². The molecule has 1 aliphatic rings. The van der Waals surface area contributed by atoms with Gasteiger partial charge in [0.1, 0.15) is 18.3 Å². The van der Waals surface area contributed by atoms with Gasteiger partial charge >= 0.3 is 11.9 Å². The van der Waals surface area contributed by atoms with E-state index in [2.05, 4.69) is 11.8 Å². The molecule has 0 radical (unpaired) electrons. The second kappa shape index (κ2) is 10.8. The van der Waals surface area contributed by atoms with Gasteiger partial charge in [-0.05, 0) is 22.8 Å². The van der Waals surface area contributed by atoms with Crippen LogP contribution in [0.2, 0.25) is 0 Å². The number of methoxy groups -OCH3 is 2. The van der Waals surface area contributed by atoms with Crippen LogP contribution in [0.5, 0.6) is 0 Å². The van der Waals surface area contributed by atoms with E-state index in [1.807, 2.05) is 60.7 Å². The molecule has 1 heterocycles. The lowest BCUT2D eigenvalue weighted by atomic mass is 9.96. The topological polar surface area (TPSA) is 65.1 Å². The monoisotopic (exact) mass is 417 g/mol. The van der Waals surface area contributed by atoms with Crippen molar-refractivity contribution in [2.75, 3.05) is 20.8 Å². The summed E-state index contributed by atoms with van der Waals surface area (Å²) >= 11 is 0. The van der Waals surface area contributed by atoms with Crippen molar-refractivity contribution in [1.82, 2.24) is 4.90 Å². The van der Waals surface area contributed by atoms with E-state index in [9.17, 15) is 9.59 Å². The zero-order chi connectivity index (χ0) is 22.1. The summed E-state index contributed by atoms with van der Waals surface area (Å²) in [6.07, 6.45) is 4.66. The summed E-state index contributed by atoms with van der Waals surface area (Å²) in [6, 6.07) is 17.1. The molecule has 158 valence electrons. The minimum atomic E-state index is -0.665. The average molecular weight is 417 g/mol. The molecule has 0 aliphatic carbocycles. The zero-order valence-corrected chi connectivity index (χ0v) is 17.4. The van der Waals surface area contributed by atoms with Gasteiger partial charge in [-0.2, -0.15) is 0 Å². The minimum absolute atomic E-state index is 0.0320. The first-order chi connectivity index (χ1) is 15.1. The van der Waals surface area contributed by atoms with Crippen molar-refractivity contribution >= 4 is 18.0 Å². The van der Waals surface area contributed by atoms with Crippen molar-refractivity contribution in [1.29, 1.82) is 0 Å². The molecule has 0 aromatic heterocycles. The third-order valence-corrected chi connectivity index (χ3v) is 4.64. The Morgan fingerprint density at radius 3 is 2.52 bits per heavy atom. The maximum atomic E-state index is 12.4. The van der Waals surface area contributed by atoms with E-state index in [1.54, 1.807) is 11.1 Å².